The number of aromatic nitrogens is 3. The van der Waals surface area contributed by atoms with Crippen LogP contribution in [0.1, 0.15) is 42.9 Å². The summed E-state index contributed by atoms with van der Waals surface area (Å²) in [6, 6.07) is 8.78. The highest BCUT2D eigenvalue weighted by Gasteiger charge is 2.27. The lowest BCUT2D eigenvalue weighted by Gasteiger charge is -2.20. The third-order valence-corrected chi connectivity index (χ3v) is 5.51. The topological polar surface area (TPSA) is 113 Å². The van der Waals surface area contributed by atoms with Crippen molar-refractivity contribution in [2.75, 3.05) is 7.11 Å². The molecule has 1 aromatic carbocycles. The molecule has 2 N–H and O–H groups in total. The second kappa shape index (κ2) is 10.1. The van der Waals surface area contributed by atoms with Gasteiger partial charge in [-0.25, -0.2) is 4.98 Å². The fourth-order valence-electron chi connectivity index (χ4n) is 3.85. The molecule has 168 valence electrons. The predicted molar refractivity (Wildman–Crippen MR) is 121 cm³/mol. The molecule has 0 saturated heterocycles. The first kappa shape index (κ1) is 23.1. The number of ether oxygens (including phenoxy) is 1. The van der Waals surface area contributed by atoms with Crippen LogP contribution in [0.5, 0.6) is 5.75 Å². The third kappa shape index (κ3) is 5.35. The van der Waals surface area contributed by atoms with Crippen LogP contribution in [-0.2, 0) is 18.3 Å². The molecule has 3 aromatic rings. The van der Waals surface area contributed by atoms with Crippen LogP contribution in [0.4, 0.5) is 0 Å². The largest absolute Gasteiger partial charge is 0.496 e. The summed E-state index contributed by atoms with van der Waals surface area (Å²) < 4.78 is 7.18. The second-order valence-electron chi connectivity index (χ2n) is 8.45. The van der Waals surface area contributed by atoms with Gasteiger partial charge < -0.3 is 19.6 Å². The van der Waals surface area contributed by atoms with E-state index in [9.17, 15) is 14.9 Å². The Labute approximate surface area is 187 Å². The number of aromatic amines is 1. The monoisotopic (exact) mass is 435 g/mol. The van der Waals surface area contributed by atoms with Crippen LogP contribution in [-0.4, -0.2) is 39.4 Å². The molecular weight excluding hydrogens is 406 g/mol. The Morgan fingerprint density at radius 1 is 1.34 bits per heavy atom. The second-order valence-corrected chi connectivity index (χ2v) is 8.45. The van der Waals surface area contributed by atoms with Crippen molar-refractivity contribution in [3.05, 3.63) is 48.2 Å². The van der Waals surface area contributed by atoms with Gasteiger partial charge in [-0.2, -0.15) is 5.26 Å². The number of methoxy groups -OCH3 is 1. The van der Waals surface area contributed by atoms with Gasteiger partial charge in [-0.05, 0) is 30.5 Å². The van der Waals surface area contributed by atoms with E-state index in [0.29, 0.717) is 24.3 Å². The number of carbonyl (C=O) groups is 2. The van der Waals surface area contributed by atoms with Gasteiger partial charge in [-0.1, -0.05) is 19.9 Å². The summed E-state index contributed by atoms with van der Waals surface area (Å²) >= 11 is 0. The normalized spacial score (nSPS) is 13.0. The van der Waals surface area contributed by atoms with E-state index < -0.39 is 12.0 Å². The number of ketones is 1. The van der Waals surface area contributed by atoms with Crippen LogP contribution in [0, 0.1) is 23.2 Å². The minimum Gasteiger partial charge on any atom is -0.496 e. The van der Waals surface area contributed by atoms with Gasteiger partial charge in [0.25, 0.3) is 0 Å². The maximum atomic E-state index is 13.0. The molecule has 3 rings (SSSR count). The zero-order valence-corrected chi connectivity index (χ0v) is 18.9. The van der Waals surface area contributed by atoms with Crippen LogP contribution in [0.15, 0.2) is 36.8 Å². The maximum Gasteiger partial charge on any atom is 0.224 e. The molecule has 1 amide bonds. The summed E-state index contributed by atoms with van der Waals surface area (Å²) in [6.45, 7) is 4.02. The van der Waals surface area contributed by atoms with E-state index in [-0.39, 0.29) is 24.0 Å². The Morgan fingerprint density at radius 3 is 2.75 bits per heavy atom. The molecule has 0 radical (unpaired) electrons. The zero-order valence-electron chi connectivity index (χ0n) is 18.9. The first-order valence-corrected chi connectivity index (χ1v) is 10.7. The summed E-state index contributed by atoms with van der Waals surface area (Å²) in [4.78, 5) is 33.3. The van der Waals surface area contributed by atoms with Crippen molar-refractivity contribution >= 4 is 22.6 Å². The van der Waals surface area contributed by atoms with Gasteiger partial charge in [0.2, 0.25) is 5.91 Å². The molecular formula is C24H29N5O3. The number of Topliss-reactive ketones (excluding diaryl/α,β-unsaturated/α-hetero) is 1. The van der Waals surface area contributed by atoms with E-state index in [1.54, 1.807) is 25.7 Å². The number of rotatable bonds is 10. The number of fused-ring (bicyclic) bond motifs is 1. The Morgan fingerprint density at radius 2 is 2.12 bits per heavy atom. The van der Waals surface area contributed by atoms with E-state index in [2.05, 4.69) is 21.4 Å². The number of benzene rings is 1. The average molecular weight is 436 g/mol. The Hall–Kier alpha value is -3.60. The summed E-state index contributed by atoms with van der Waals surface area (Å²) in [5.41, 5.74) is 2.09. The molecule has 0 unspecified atom stereocenters. The van der Waals surface area contributed by atoms with Crippen LogP contribution < -0.4 is 10.1 Å². The predicted octanol–water partition coefficient (Wildman–Crippen LogP) is 3.40. The Balaban J connectivity index is 1.74. The van der Waals surface area contributed by atoms with Gasteiger partial charge in [0, 0.05) is 48.6 Å². The van der Waals surface area contributed by atoms with Gasteiger partial charge in [0.15, 0.2) is 5.78 Å². The van der Waals surface area contributed by atoms with Gasteiger partial charge >= 0.3 is 0 Å². The third-order valence-electron chi connectivity index (χ3n) is 5.51. The van der Waals surface area contributed by atoms with E-state index in [1.807, 2.05) is 43.7 Å². The molecule has 0 aliphatic carbocycles. The molecule has 2 heterocycles. The van der Waals surface area contributed by atoms with E-state index in [0.717, 1.165) is 16.6 Å². The van der Waals surface area contributed by atoms with Crippen LogP contribution >= 0.6 is 0 Å². The van der Waals surface area contributed by atoms with Crippen molar-refractivity contribution in [2.45, 2.75) is 39.2 Å². The molecule has 0 aliphatic heterocycles. The maximum absolute atomic E-state index is 13.0. The van der Waals surface area contributed by atoms with Crippen molar-refractivity contribution in [3.8, 4) is 11.8 Å². The lowest BCUT2D eigenvalue weighted by molar-refractivity contribution is -0.125. The number of aryl methyl sites for hydroxylation is 1. The summed E-state index contributed by atoms with van der Waals surface area (Å²) in [7, 11) is 3.43. The van der Waals surface area contributed by atoms with Gasteiger partial charge in [0.1, 0.15) is 11.8 Å². The molecule has 0 bridgehead atoms. The first-order chi connectivity index (χ1) is 15.3. The summed E-state index contributed by atoms with van der Waals surface area (Å²) in [5, 5.41) is 13.2. The van der Waals surface area contributed by atoms with Crippen molar-refractivity contribution in [1.29, 1.82) is 5.26 Å². The Kier molecular flexibility index (Phi) is 7.31. The lowest BCUT2D eigenvalue weighted by atomic mass is 9.90. The average Bonchev–Trinajstić information content (AvgIpc) is 3.38. The highest BCUT2D eigenvalue weighted by atomic mass is 16.5. The highest BCUT2D eigenvalue weighted by Crippen LogP contribution is 2.27. The number of H-pyrrole nitrogens is 1. The van der Waals surface area contributed by atoms with E-state index in [4.69, 9.17) is 4.74 Å². The molecule has 2 atom stereocenters. The molecule has 0 fully saturated rings. The summed E-state index contributed by atoms with van der Waals surface area (Å²) in [6.07, 6.45) is 4.29. The quantitative estimate of drug-likeness (QED) is 0.474. The molecule has 0 saturated carbocycles. The summed E-state index contributed by atoms with van der Waals surface area (Å²) in [5.74, 6) is -0.0582. The number of imidazole rings is 1. The van der Waals surface area contributed by atoms with Gasteiger partial charge in [0.05, 0.1) is 25.2 Å². The van der Waals surface area contributed by atoms with Crippen molar-refractivity contribution in [1.82, 2.24) is 19.9 Å². The lowest BCUT2D eigenvalue weighted by Crippen LogP contribution is -2.40. The molecule has 0 aliphatic rings. The van der Waals surface area contributed by atoms with Crippen LogP contribution in [0.3, 0.4) is 0 Å². The van der Waals surface area contributed by atoms with Crippen LogP contribution in [0.25, 0.3) is 10.9 Å². The first-order valence-electron chi connectivity index (χ1n) is 10.7. The molecule has 0 spiro atoms. The smallest absolute Gasteiger partial charge is 0.224 e. The fourth-order valence-corrected chi connectivity index (χ4v) is 3.85. The van der Waals surface area contributed by atoms with Crippen molar-refractivity contribution in [3.63, 3.8) is 0 Å². The molecule has 32 heavy (non-hydrogen) atoms. The molecule has 8 nitrogen and oxygen atoms in total. The Bertz CT molecular complexity index is 1140. The fraction of sp³-hybridized carbons (Fsp3) is 0.417. The zero-order chi connectivity index (χ0) is 23.3. The van der Waals surface area contributed by atoms with E-state index in [1.165, 1.54) is 0 Å². The minimum absolute atomic E-state index is 0.0585. The number of hydrogen-bond acceptors (Lipinski definition) is 5. The number of amides is 1. The number of hydrogen-bond donors (Lipinski definition) is 2. The van der Waals surface area contributed by atoms with Crippen molar-refractivity contribution in [2.24, 2.45) is 18.9 Å². The van der Waals surface area contributed by atoms with Gasteiger partial charge in [-0.15, -0.1) is 0 Å². The molecule has 8 heteroatoms. The standard InChI is InChI=1S/C24H29N5O3/c1-15(2)8-16(24(31)27-17(12-25)10-18-13-26-14-29(18)3)9-22(30)21-11-19-20(28-21)6-5-7-23(19)32-4/h5-7,11,13-17,28H,8-10H2,1-4H3,(H,27,31)/t16-,17+/m1/s1. The number of nitriles is 1. The number of carbonyl (C=O) groups excluding carboxylic acids is 2. The number of nitrogens with zero attached hydrogens (tertiary/aromatic N) is 3. The van der Waals surface area contributed by atoms with Gasteiger partial charge in [-0.3, -0.25) is 9.59 Å². The highest BCUT2D eigenvalue weighted by molar-refractivity contribution is 6.02. The van der Waals surface area contributed by atoms with Crippen molar-refractivity contribution < 1.29 is 14.3 Å². The molecule has 2 aromatic heterocycles. The van der Waals surface area contributed by atoms with Crippen LogP contribution in [0.2, 0.25) is 0 Å². The number of nitrogens with one attached hydrogen (secondary N) is 2. The minimum atomic E-state index is -0.694. The van der Waals surface area contributed by atoms with E-state index >= 15 is 0 Å². The SMILES string of the molecule is COc1cccc2[nH]c(C(=O)C[C@@H](CC(C)C)C(=O)N[C@H](C#N)Cc3cncn3C)cc12.